The first-order chi connectivity index (χ1) is 14.1. The van der Waals surface area contributed by atoms with Crippen molar-refractivity contribution in [2.75, 3.05) is 25.9 Å². The lowest BCUT2D eigenvalue weighted by Gasteiger charge is -2.28. The van der Waals surface area contributed by atoms with Crippen LogP contribution in [0.3, 0.4) is 0 Å². The zero-order valence-corrected chi connectivity index (χ0v) is 18.5. The minimum absolute atomic E-state index is 0.0635. The quantitative estimate of drug-likeness (QED) is 0.570. The second-order valence-corrected chi connectivity index (χ2v) is 9.25. The number of likely N-dealkylation sites (N-methyl/N-ethyl adjacent to an activating group) is 1. The Morgan fingerprint density at radius 2 is 1.72 bits per heavy atom. The fraction of sp³-hybridized carbons (Fsp3) is 0.318. The minimum atomic E-state index is -0.0635. The molecular formula is C22H23Cl2N3OS. The predicted octanol–water partition coefficient (Wildman–Crippen LogP) is 4.98. The zero-order chi connectivity index (χ0) is 20.4. The Hall–Kier alpha value is -1.66. The van der Waals surface area contributed by atoms with E-state index in [1.807, 2.05) is 12.1 Å². The second kappa shape index (κ2) is 9.00. The third-order valence-electron chi connectivity index (χ3n) is 5.26. The summed E-state index contributed by atoms with van der Waals surface area (Å²) in [7, 11) is 2.15. The number of thioether (sulfide) groups is 1. The standard InChI is InChI=1S/C16H19N3OS.C6H4Cl2/c1-18-7-8-19-12-5-3-2-4-11(12)14(13(19)10-18)15-16(20)17-6-9-21-15;7-5-3-1-2-4-6(5)8/h2-5,15H,6-10H2,1H3,(H,17,20);1-4H. The second-order valence-electron chi connectivity index (χ2n) is 7.22. The third-order valence-corrected chi connectivity index (χ3v) is 7.24. The van der Waals surface area contributed by atoms with Crippen molar-refractivity contribution in [1.82, 2.24) is 14.8 Å². The fourth-order valence-corrected chi connectivity index (χ4v) is 5.27. The number of hydrogen-bond acceptors (Lipinski definition) is 3. The van der Waals surface area contributed by atoms with Gasteiger partial charge in [0.05, 0.1) is 10.0 Å². The number of rotatable bonds is 1. The Kier molecular flexibility index (Phi) is 6.40. The lowest BCUT2D eigenvalue weighted by molar-refractivity contribution is -0.120. The number of benzene rings is 2. The molecule has 2 aliphatic rings. The van der Waals surface area contributed by atoms with Gasteiger partial charge in [0.15, 0.2) is 0 Å². The van der Waals surface area contributed by atoms with Crippen molar-refractivity contribution >= 4 is 51.8 Å². The Labute approximate surface area is 185 Å². The summed E-state index contributed by atoms with van der Waals surface area (Å²) in [5, 5.41) is 5.42. The van der Waals surface area contributed by atoms with E-state index in [0.29, 0.717) is 10.0 Å². The monoisotopic (exact) mass is 447 g/mol. The molecule has 1 unspecified atom stereocenters. The summed E-state index contributed by atoms with van der Waals surface area (Å²) < 4.78 is 2.41. The topological polar surface area (TPSA) is 37.3 Å². The van der Waals surface area contributed by atoms with Crippen LogP contribution in [0.2, 0.25) is 10.0 Å². The number of fused-ring (bicyclic) bond motifs is 3. The highest BCUT2D eigenvalue weighted by Gasteiger charge is 2.32. The molecule has 0 saturated carbocycles. The molecule has 0 spiro atoms. The molecule has 1 amide bonds. The number of nitrogens with zero attached hydrogens (tertiary/aromatic N) is 2. The van der Waals surface area contributed by atoms with Gasteiger partial charge in [-0.25, -0.2) is 0 Å². The fourth-order valence-electron chi connectivity index (χ4n) is 3.88. The van der Waals surface area contributed by atoms with Crippen LogP contribution in [0.15, 0.2) is 48.5 Å². The van der Waals surface area contributed by atoms with Gasteiger partial charge in [0.1, 0.15) is 5.25 Å². The van der Waals surface area contributed by atoms with Crippen LogP contribution in [0.4, 0.5) is 0 Å². The number of hydrogen-bond donors (Lipinski definition) is 1. The highest BCUT2D eigenvalue weighted by molar-refractivity contribution is 8.00. The van der Waals surface area contributed by atoms with Gasteiger partial charge in [0.2, 0.25) is 5.91 Å². The number of nitrogens with one attached hydrogen (secondary N) is 1. The molecule has 1 saturated heterocycles. The summed E-state index contributed by atoms with van der Waals surface area (Å²) in [4.78, 5) is 14.7. The first kappa shape index (κ1) is 20.6. The first-order valence-electron chi connectivity index (χ1n) is 9.64. The van der Waals surface area contributed by atoms with Gasteiger partial charge in [0.25, 0.3) is 0 Å². The largest absolute Gasteiger partial charge is 0.354 e. The van der Waals surface area contributed by atoms with Crippen LogP contribution in [0.25, 0.3) is 10.9 Å². The molecule has 1 aromatic heterocycles. The molecule has 1 atom stereocenters. The zero-order valence-electron chi connectivity index (χ0n) is 16.2. The number of amides is 1. The normalized spacial score (nSPS) is 19.3. The number of aromatic nitrogens is 1. The van der Waals surface area contributed by atoms with Crippen molar-refractivity contribution in [2.24, 2.45) is 0 Å². The average molecular weight is 448 g/mol. The van der Waals surface area contributed by atoms with Crippen LogP contribution < -0.4 is 5.32 Å². The van der Waals surface area contributed by atoms with Crippen LogP contribution >= 0.6 is 35.0 Å². The van der Waals surface area contributed by atoms with Gasteiger partial charge in [-0.1, -0.05) is 53.5 Å². The Morgan fingerprint density at radius 3 is 2.41 bits per heavy atom. The molecule has 3 aromatic rings. The Balaban J connectivity index is 0.000000216. The average Bonchev–Trinajstić information content (AvgIpc) is 3.04. The van der Waals surface area contributed by atoms with Gasteiger partial charge in [-0.2, -0.15) is 0 Å². The van der Waals surface area contributed by atoms with Crippen molar-refractivity contribution in [3.8, 4) is 0 Å². The summed E-state index contributed by atoms with van der Waals surface area (Å²) in [6.45, 7) is 3.78. The molecule has 3 heterocycles. The van der Waals surface area contributed by atoms with E-state index in [4.69, 9.17) is 23.2 Å². The van der Waals surface area contributed by atoms with Gasteiger partial charge in [-0.05, 0) is 25.2 Å². The van der Waals surface area contributed by atoms with Gasteiger partial charge in [0, 0.05) is 54.1 Å². The molecule has 1 fully saturated rings. The van der Waals surface area contributed by atoms with E-state index in [-0.39, 0.29) is 11.2 Å². The van der Waals surface area contributed by atoms with Crippen molar-refractivity contribution in [3.05, 3.63) is 69.8 Å². The molecule has 7 heteroatoms. The van der Waals surface area contributed by atoms with Crippen LogP contribution in [-0.2, 0) is 17.9 Å². The minimum Gasteiger partial charge on any atom is -0.354 e. The molecule has 2 aliphatic heterocycles. The van der Waals surface area contributed by atoms with Crippen molar-refractivity contribution in [3.63, 3.8) is 0 Å². The van der Waals surface area contributed by atoms with E-state index >= 15 is 0 Å². The van der Waals surface area contributed by atoms with Gasteiger partial charge in [-0.3, -0.25) is 9.69 Å². The summed E-state index contributed by atoms with van der Waals surface area (Å²) in [6, 6.07) is 15.7. The number of halogens is 2. The van der Waals surface area contributed by atoms with E-state index in [9.17, 15) is 4.79 Å². The maximum atomic E-state index is 12.3. The van der Waals surface area contributed by atoms with E-state index in [2.05, 4.69) is 46.1 Å². The van der Waals surface area contributed by atoms with Crippen molar-refractivity contribution < 1.29 is 4.79 Å². The Bertz CT molecular complexity index is 1020. The van der Waals surface area contributed by atoms with E-state index in [1.165, 1.54) is 22.2 Å². The lowest BCUT2D eigenvalue weighted by atomic mass is 10.1. The van der Waals surface area contributed by atoms with Gasteiger partial charge < -0.3 is 9.88 Å². The third kappa shape index (κ3) is 4.29. The lowest BCUT2D eigenvalue weighted by Crippen LogP contribution is -2.36. The van der Waals surface area contributed by atoms with E-state index < -0.39 is 0 Å². The summed E-state index contributed by atoms with van der Waals surface area (Å²) in [5.41, 5.74) is 3.83. The molecule has 1 N–H and O–H groups in total. The summed E-state index contributed by atoms with van der Waals surface area (Å²) >= 11 is 12.9. The molecular weight excluding hydrogens is 425 g/mol. The van der Waals surface area contributed by atoms with Gasteiger partial charge >= 0.3 is 0 Å². The molecule has 152 valence electrons. The maximum Gasteiger partial charge on any atom is 0.237 e. The summed E-state index contributed by atoms with van der Waals surface area (Å²) in [6.07, 6.45) is 0. The molecule has 0 aliphatic carbocycles. The van der Waals surface area contributed by atoms with E-state index in [1.54, 1.807) is 23.9 Å². The van der Waals surface area contributed by atoms with Crippen LogP contribution in [0.5, 0.6) is 0 Å². The van der Waals surface area contributed by atoms with E-state index in [0.717, 1.165) is 31.9 Å². The SMILES string of the molecule is CN1CCn2c(c(C3SCCNC3=O)c3ccccc32)C1.Clc1ccccc1Cl. The van der Waals surface area contributed by atoms with Gasteiger partial charge in [-0.15, -0.1) is 11.8 Å². The number of para-hydroxylation sites is 1. The van der Waals surface area contributed by atoms with Crippen molar-refractivity contribution in [1.29, 1.82) is 0 Å². The Morgan fingerprint density at radius 1 is 1.03 bits per heavy atom. The van der Waals surface area contributed by atoms with Crippen LogP contribution in [-0.4, -0.2) is 41.3 Å². The number of carbonyl (C=O) groups excluding carboxylic acids is 1. The molecule has 0 radical (unpaired) electrons. The summed E-state index contributed by atoms with van der Waals surface area (Å²) in [5.74, 6) is 1.16. The molecule has 4 nitrogen and oxygen atoms in total. The first-order valence-corrected chi connectivity index (χ1v) is 11.4. The maximum absolute atomic E-state index is 12.3. The molecule has 2 aromatic carbocycles. The molecule has 29 heavy (non-hydrogen) atoms. The van der Waals surface area contributed by atoms with Crippen molar-refractivity contribution in [2.45, 2.75) is 18.3 Å². The van der Waals surface area contributed by atoms with Crippen LogP contribution in [0, 0.1) is 0 Å². The highest BCUT2D eigenvalue weighted by atomic mass is 35.5. The molecule has 0 bridgehead atoms. The highest BCUT2D eigenvalue weighted by Crippen LogP contribution is 2.40. The number of carbonyl (C=O) groups is 1. The molecule has 5 rings (SSSR count). The predicted molar refractivity (Wildman–Crippen MR) is 123 cm³/mol. The van der Waals surface area contributed by atoms with Crippen LogP contribution in [0.1, 0.15) is 16.5 Å². The smallest absolute Gasteiger partial charge is 0.237 e.